The van der Waals surface area contributed by atoms with Crippen LogP contribution in [0.25, 0.3) is 0 Å². The van der Waals surface area contributed by atoms with E-state index in [0.29, 0.717) is 5.41 Å². The van der Waals surface area contributed by atoms with E-state index in [2.05, 4.69) is 0 Å². The smallest absolute Gasteiger partial charge is 0.257 e. The number of hydrogen-bond donors (Lipinski definition) is 1. The van der Waals surface area contributed by atoms with Gasteiger partial charge in [0, 0.05) is 19.2 Å². The van der Waals surface area contributed by atoms with Crippen molar-refractivity contribution in [2.75, 3.05) is 13.1 Å². The largest absolute Gasteiger partial charge is 0.507 e. The number of likely N-dealkylation sites (tertiary alicyclic amines) is 1. The van der Waals surface area contributed by atoms with Gasteiger partial charge in [-0.25, -0.2) is 4.39 Å². The molecule has 0 atom stereocenters. The number of rotatable bonds is 1. The summed E-state index contributed by atoms with van der Waals surface area (Å²) in [6.45, 7) is 1.53. The molecule has 1 heterocycles. The standard InChI is InChI=1S/C14H16FNO2/c15-10-2-3-11(12(17)8-10)13(18)16-7-6-14(9-16)4-1-5-14/h2-3,8,17H,1,4-7,9H2. The number of carbonyl (C=O) groups excluding carboxylic acids is 1. The van der Waals surface area contributed by atoms with Crippen molar-refractivity contribution in [1.29, 1.82) is 0 Å². The topological polar surface area (TPSA) is 40.5 Å². The molecule has 2 aliphatic rings. The molecule has 1 saturated carbocycles. The Hall–Kier alpha value is -1.58. The van der Waals surface area contributed by atoms with Crippen LogP contribution in [0, 0.1) is 11.2 Å². The van der Waals surface area contributed by atoms with Gasteiger partial charge < -0.3 is 10.0 Å². The number of phenolic OH excluding ortho intramolecular Hbond substituents is 1. The molecule has 1 aromatic carbocycles. The molecule has 1 N–H and O–H groups in total. The van der Waals surface area contributed by atoms with Gasteiger partial charge in [-0.05, 0) is 36.8 Å². The zero-order chi connectivity index (χ0) is 12.8. The van der Waals surface area contributed by atoms with Crippen molar-refractivity contribution in [3.63, 3.8) is 0 Å². The minimum Gasteiger partial charge on any atom is -0.507 e. The molecule has 4 heteroatoms. The second-order valence-corrected chi connectivity index (χ2v) is 5.49. The van der Waals surface area contributed by atoms with E-state index in [1.165, 1.54) is 31.4 Å². The molecule has 0 unspecified atom stereocenters. The minimum atomic E-state index is -0.527. The number of halogens is 1. The normalized spacial score (nSPS) is 21.1. The second-order valence-electron chi connectivity index (χ2n) is 5.49. The number of nitrogens with zero attached hydrogens (tertiary/aromatic N) is 1. The van der Waals surface area contributed by atoms with Crippen molar-refractivity contribution < 1.29 is 14.3 Å². The molecule has 3 nitrogen and oxygen atoms in total. The lowest BCUT2D eigenvalue weighted by Crippen LogP contribution is -2.35. The van der Waals surface area contributed by atoms with E-state index >= 15 is 0 Å². The molecule has 1 spiro atoms. The van der Waals surface area contributed by atoms with Crippen molar-refractivity contribution in [2.45, 2.75) is 25.7 Å². The molecule has 2 fully saturated rings. The van der Waals surface area contributed by atoms with E-state index in [9.17, 15) is 14.3 Å². The zero-order valence-electron chi connectivity index (χ0n) is 10.2. The van der Waals surface area contributed by atoms with Gasteiger partial charge in [0.1, 0.15) is 11.6 Å². The van der Waals surface area contributed by atoms with Gasteiger partial charge in [0.15, 0.2) is 0 Å². The lowest BCUT2D eigenvalue weighted by molar-refractivity contribution is 0.0729. The number of aromatic hydroxyl groups is 1. The first-order valence-corrected chi connectivity index (χ1v) is 6.38. The Bertz CT molecular complexity index is 497. The Labute approximate surface area is 105 Å². The molecule has 0 aromatic heterocycles. The predicted octanol–water partition coefficient (Wildman–Crippen LogP) is 2.55. The highest BCUT2D eigenvalue weighted by molar-refractivity contribution is 5.97. The fraction of sp³-hybridized carbons (Fsp3) is 0.500. The van der Waals surface area contributed by atoms with E-state index in [0.717, 1.165) is 25.6 Å². The van der Waals surface area contributed by atoms with E-state index < -0.39 is 5.82 Å². The van der Waals surface area contributed by atoms with Crippen molar-refractivity contribution in [2.24, 2.45) is 5.41 Å². The van der Waals surface area contributed by atoms with Gasteiger partial charge in [0.25, 0.3) is 5.91 Å². The summed E-state index contributed by atoms with van der Waals surface area (Å²) >= 11 is 0. The van der Waals surface area contributed by atoms with Crippen LogP contribution in [0.5, 0.6) is 5.75 Å². The van der Waals surface area contributed by atoms with Gasteiger partial charge in [-0.2, -0.15) is 0 Å². The molecule has 3 rings (SSSR count). The van der Waals surface area contributed by atoms with Gasteiger partial charge in [-0.15, -0.1) is 0 Å². The summed E-state index contributed by atoms with van der Waals surface area (Å²) in [5.41, 5.74) is 0.540. The third-order valence-corrected chi connectivity index (χ3v) is 4.33. The number of hydrogen-bond acceptors (Lipinski definition) is 2. The van der Waals surface area contributed by atoms with Crippen molar-refractivity contribution in [3.05, 3.63) is 29.6 Å². The maximum atomic E-state index is 12.9. The lowest BCUT2D eigenvalue weighted by atomic mass is 9.68. The van der Waals surface area contributed by atoms with Gasteiger partial charge in [0.2, 0.25) is 0 Å². The minimum absolute atomic E-state index is 0.184. The highest BCUT2D eigenvalue weighted by Gasteiger charge is 2.44. The van der Waals surface area contributed by atoms with E-state index in [1.807, 2.05) is 0 Å². The van der Waals surface area contributed by atoms with Crippen LogP contribution in [-0.2, 0) is 0 Å². The van der Waals surface area contributed by atoms with Crippen LogP contribution in [0.1, 0.15) is 36.0 Å². The molecule has 1 aliphatic heterocycles. The first kappa shape index (κ1) is 11.5. The van der Waals surface area contributed by atoms with Crippen molar-refractivity contribution in [3.8, 4) is 5.75 Å². The summed E-state index contributed by atoms with van der Waals surface area (Å²) in [4.78, 5) is 14.0. The summed E-state index contributed by atoms with van der Waals surface area (Å²) in [5, 5.41) is 9.64. The Morgan fingerprint density at radius 2 is 2.11 bits per heavy atom. The maximum absolute atomic E-state index is 12.9. The van der Waals surface area contributed by atoms with Crippen LogP contribution in [0.4, 0.5) is 4.39 Å². The number of phenols is 1. The van der Waals surface area contributed by atoms with Crippen molar-refractivity contribution >= 4 is 5.91 Å². The summed E-state index contributed by atoms with van der Waals surface area (Å²) in [6.07, 6.45) is 4.71. The first-order chi connectivity index (χ1) is 8.60. The fourth-order valence-corrected chi connectivity index (χ4v) is 3.05. The summed E-state index contributed by atoms with van der Waals surface area (Å²) in [5.74, 6) is -0.980. The Morgan fingerprint density at radius 1 is 1.33 bits per heavy atom. The van der Waals surface area contributed by atoms with Crippen LogP contribution in [0.3, 0.4) is 0 Å². The third-order valence-electron chi connectivity index (χ3n) is 4.33. The van der Waals surface area contributed by atoms with Crippen LogP contribution in [0.2, 0.25) is 0 Å². The highest BCUT2D eigenvalue weighted by Crippen LogP contribution is 2.48. The summed E-state index contributed by atoms with van der Waals surface area (Å²) < 4.78 is 12.9. The second kappa shape index (κ2) is 3.97. The average Bonchev–Trinajstić information content (AvgIpc) is 2.73. The predicted molar refractivity (Wildman–Crippen MR) is 64.9 cm³/mol. The third kappa shape index (κ3) is 1.76. The zero-order valence-corrected chi connectivity index (χ0v) is 10.2. The molecule has 1 aromatic rings. The van der Waals surface area contributed by atoms with Crippen LogP contribution < -0.4 is 0 Å². The monoisotopic (exact) mass is 249 g/mol. The molecule has 0 radical (unpaired) electrons. The average molecular weight is 249 g/mol. The molecular formula is C14H16FNO2. The highest BCUT2D eigenvalue weighted by atomic mass is 19.1. The van der Waals surface area contributed by atoms with Crippen LogP contribution in [-0.4, -0.2) is 29.0 Å². The Balaban J connectivity index is 1.78. The van der Waals surface area contributed by atoms with Crippen molar-refractivity contribution in [1.82, 2.24) is 4.90 Å². The number of benzene rings is 1. The van der Waals surface area contributed by atoms with E-state index in [-0.39, 0.29) is 17.2 Å². The van der Waals surface area contributed by atoms with Crippen LogP contribution in [0.15, 0.2) is 18.2 Å². The van der Waals surface area contributed by atoms with E-state index in [4.69, 9.17) is 0 Å². The fourth-order valence-electron chi connectivity index (χ4n) is 3.05. The molecule has 1 saturated heterocycles. The quantitative estimate of drug-likeness (QED) is 0.831. The molecule has 1 aliphatic carbocycles. The SMILES string of the molecule is O=C(c1ccc(F)cc1O)N1CCC2(CCC2)C1. The molecule has 96 valence electrons. The Kier molecular flexibility index (Phi) is 2.54. The summed E-state index contributed by atoms with van der Waals surface area (Å²) in [7, 11) is 0. The molecule has 18 heavy (non-hydrogen) atoms. The number of amides is 1. The molecular weight excluding hydrogens is 233 g/mol. The van der Waals surface area contributed by atoms with Gasteiger partial charge in [-0.1, -0.05) is 6.42 Å². The van der Waals surface area contributed by atoms with Gasteiger partial charge >= 0.3 is 0 Å². The van der Waals surface area contributed by atoms with Gasteiger partial charge in [-0.3, -0.25) is 4.79 Å². The molecule has 1 amide bonds. The van der Waals surface area contributed by atoms with Crippen LogP contribution >= 0.6 is 0 Å². The Morgan fingerprint density at radius 3 is 2.67 bits per heavy atom. The first-order valence-electron chi connectivity index (χ1n) is 6.38. The van der Waals surface area contributed by atoms with Gasteiger partial charge in [0.05, 0.1) is 5.56 Å². The molecule has 0 bridgehead atoms. The van der Waals surface area contributed by atoms with E-state index in [1.54, 1.807) is 4.90 Å². The maximum Gasteiger partial charge on any atom is 0.257 e. The summed E-state index contributed by atoms with van der Waals surface area (Å²) in [6, 6.07) is 3.56. The number of carbonyl (C=O) groups is 1. The lowest BCUT2D eigenvalue weighted by Gasteiger charge is -2.37.